The number of hydrogen-bond acceptors (Lipinski definition) is 4. The van der Waals surface area contributed by atoms with Gasteiger partial charge in [-0.05, 0) is 49.4 Å². The van der Waals surface area contributed by atoms with Crippen molar-refractivity contribution in [2.24, 2.45) is 22.7 Å². The molecule has 0 aromatic rings. The molecule has 2 bridgehead atoms. The summed E-state index contributed by atoms with van der Waals surface area (Å²) >= 11 is 0. The number of carbonyl (C=O) groups is 2. The fourth-order valence-corrected chi connectivity index (χ4v) is 4.44. The van der Waals surface area contributed by atoms with E-state index >= 15 is 0 Å². The minimum atomic E-state index is -1.10. The van der Waals surface area contributed by atoms with E-state index in [1.807, 2.05) is 27.7 Å². The van der Waals surface area contributed by atoms with Crippen LogP contribution in [0.5, 0.6) is 0 Å². The van der Waals surface area contributed by atoms with Crippen molar-refractivity contribution >= 4 is 11.9 Å². The van der Waals surface area contributed by atoms with Crippen LogP contribution >= 0.6 is 0 Å². The molecule has 0 N–H and O–H groups in total. The molecule has 4 heteroatoms. The van der Waals surface area contributed by atoms with Gasteiger partial charge in [0, 0.05) is 0 Å². The van der Waals surface area contributed by atoms with Gasteiger partial charge in [-0.3, -0.25) is 9.59 Å². The van der Waals surface area contributed by atoms with Gasteiger partial charge in [-0.15, -0.1) is 0 Å². The molecule has 2 unspecified atom stereocenters. The third-order valence-electron chi connectivity index (χ3n) is 5.60. The zero-order valence-electron chi connectivity index (χ0n) is 13.7. The molecule has 2 fully saturated rings. The van der Waals surface area contributed by atoms with Crippen LogP contribution in [0.4, 0.5) is 0 Å². The summed E-state index contributed by atoms with van der Waals surface area (Å²) < 4.78 is 10.9. The predicted molar refractivity (Wildman–Crippen MR) is 79.5 cm³/mol. The second-order valence-corrected chi connectivity index (χ2v) is 7.01. The molecule has 2 rings (SSSR count). The molecule has 0 aliphatic heterocycles. The second-order valence-electron chi connectivity index (χ2n) is 7.01. The van der Waals surface area contributed by atoms with Gasteiger partial charge in [-0.25, -0.2) is 0 Å². The van der Waals surface area contributed by atoms with Crippen LogP contribution in [0.1, 0.15) is 59.8 Å². The first-order valence-corrected chi connectivity index (χ1v) is 8.27. The lowest BCUT2D eigenvalue weighted by atomic mass is 9.57. The van der Waals surface area contributed by atoms with Crippen molar-refractivity contribution in [1.29, 1.82) is 0 Å². The van der Waals surface area contributed by atoms with Gasteiger partial charge in [0.15, 0.2) is 5.41 Å². The molecule has 21 heavy (non-hydrogen) atoms. The Balaban J connectivity index is 2.35. The molecular formula is C17H28O4. The Kier molecular flexibility index (Phi) is 4.64. The Hall–Kier alpha value is -1.06. The van der Waals surface area contributed by atoms with E-state index in [0.717, 1.165) is 32.1 Å². The average molecular weight is 296 g/mol. The van der Waals surface area contributed by atoms with Gasteiger partial charge in [-0.1, -0.05) is 27.7 Å². The van der Waals surface area contributed by atoms with Crippen LogP contribution < -0.4 is 0 Å². The third-order valence-corrected chi connectivity index (χ3v) is 5.60. The SMILES string of the molecule is CCCOC(=O)C1(C(=O)OCCC)C2CCC(C2)C1(C)C. The van der Waals surface area contributed by atoms with Crippen LogP contribution in [0.2, 0.25) is 0 Å². The van der Waals surface area contributed by atoms with Crippen molar-refractivity contribution < 1.29 is 19.1 Å². The van der Waals surface area contributed by atoms with Crippen molar-refractivity contribution in [3.63, 3.8) is 0 Å². The summed E-state index contributed by atoms with van der Waals surface area (Å²) in [5, 5.41) is 0. The largest absolute Gasteiger partial charge is 0.465 e. The number of fused-ring (bicyclic) bond motifs is 2. The first-order chi connectivity index (χ1) is 9.92. The Morgan fingerprint density at radius 3 is 1.81 bits per heavy atom. The summed E-state index contributed by atoms with van der Waals surface area (Å²) in [6.45, 7) is 8.74. The van der Waals surface area contributed by atoms with E-state index in [4.69, 9.17) is 9.47 Å². The van der Waals surface area contributed by atoms with Crippen molar-refractivity contribution in [2.75, 3.05) is 13.2 Å². The van der Waals surface area contributed by atoms with Gasteiger partial charge < -0.3 is 9.47 Å². The summed E-state index contributed by atoms with van der Waals surface area (Å²) in [5.41, 5.74) is -1.48. The Morgan fingerprint density at radius 1 is 0.952 bits per heavy atom. The fraction of sp³-hybridized carbons (Fsp3) is 0.882. The van der Waals surface area contributed by atoms with Crippen LogP contribution in [0, 0.1) is 22.7 Å². The van der Waals surface area contributed by atoms with Crippen LogP contribution in [0.25, 0.3) is 0 Å². The predicted octanol–water partition coefficient (Wildman–Crippen LogP) is 3.34. The third kappa shape index (κ3) is 2.27. The molecule has 4 nitrogen and oxygen atoms in total. The molecule has 0 amide bonds. The highest BCUT2D eigenvalue weighted by molar-refractivity contribution is 6.02. The normalized spacial score (nSPS) is 28.4. The van der Waals surface area contributed by atoms with Crippen molar-refractivity contribution in [1.82, 2.24) is 0 Å². The lowest BCUT2D eigenvalue weighted by molar-refractivity contribution is -0.188. The van der Waals surface area contributed by atoms with Gasteiger partial charge >= 0.3 is 11.9 Å². The molecule has 2 saturated carbocycles. The van der Waals surface area contributed by atoms with E-state index in [-0.39, 0.29) is 23.3 Å². The maximum Gasteiger partial charge on any atom is 0.324 e. The molecule has 0 radical (unpaired) electrons. The van der Waals surface area contributed by atoms with Gasteiger partial charge in [0.05, 0.1) is 13.2 Å². The zero-order valence-corrected chi connectivity index (χ0v) is 13.7. The quantitative estimate of drug-likeness (QED) is 0.557. The van der Waals surface area contributed by atoms with Gasteiger partial charge in [0.25, 0.3) is 0 Å². The molecule has 0 saturated heterocycles. The summed E-state index contributed by atoms with van der Waals surface area (Å²) in [6.07, 6.45) is 4.49. The summed E-state index contributed by atoms with van der Waals surface area (Å²) in [4.78, 5) is 25.6. The highest BCUT2D eigenvalue weighted by Crippen LogP contribution is 2.67. The van der Waals surface area contributed by atoms with E-state index in [2.05, 4.69) is 0 Å². The van der Waals surface area contributed by atoms with Crippen molar-refractivity contribution in [3.05, 3.63) is 0 Å². The molecule has 2 atom stereocenters. The van der Waals surface area contributed by atoms with Gasteiger partial charge in [-0.2, -0.15) is 0 Å². The molecule has 0 spiro atoms. The Morgan fingerprint density at radius 2 is 1.43 bits per heavy atom. The first-order valence-electron chi connectivity index (χ1n) is 8.27. The monoisotopic (exact) mass is 296 g/mol. The second kappa shape index (κ2) is 5.98. The maximum absolute atomic E-state index is 12.8. The average Bonchev–Trinajstić information content (AvgIpc) is 3.00. The number of ether oxygens (including phenoxy) is 2. The molecule has 120 valence electrons. The van der Waals surface area contributed by atoms with Crippen molar-refractivity contribution in [2.45, 2.75) is 59.8 Å². The van der Waals surface area contributed by atoms with E-state index in [0.29, 0.717) is 19.1 Å². The van der Waals surface area contributed by atoms with Crippen LogP contribution in [-0.4, -0.2) is 25.2 Å². The number of hydrogen-bond donors (Lipinski definition) is 0. The summed E-state index contributed by atoms with van der Waals surface area (Å²) in [5.74, 6) is -0.234. The fourth-order valence-electron chi connectivity index (χ4n) is 4.44. The molecule has 0 aromatic carbocycles. The standard InChI is InChI=1S/C17H28O4/c1-5-9-20-14(18)17(15(19)21-10-6-2)13-8-7-12(11-13)16(17,3)4/h12-13H,5-11H2,1-4H3. The van der Waals surface area contributed by atoms with Crippen LogP contribution in [-0.2, 0) is 19.1 Å². The highest BCUT2D eigenvalue weighted by atomic mass is 16.6. The van der Waals surface area contributed by atoms with Crippen LogP contribution in [0.15, 0.2) is 0 Å². The van der Waals surface area contributed by atoms with E-state index in [9.17, 15) is 9.59 Å². The van der Waals surface area contributed by atoms with E-state index in [1.165, 1.54) is 0 Å². The molecule has 0 heterocycles. The Labute approximate surface area is 127 Å². The van der Waals surface area contributed by atoms with E-state index in [1.54, 1.807) is 0 Å². The minimum absolute atomic E-state index is 0.0752. The first kappa shape index (κ1) is 16.3. The molecular weight excluding hydrogens is 268 g/mol. The lowest BCUT2D eigenvalue weighted by Gasteiger charge is -2.45. The smallest absolute Gasteiger partial charge is 0.324 e. The number of esters is 2. The van der Waals surface area contributed by atoms with Crippen molar-refractivity contribution in [3.8, 4) is 0 Å². The van der Waals surface area contributed by atoms with E-state index < -0.39 is 5.41 Å². The number of carbonyl (C=O) groups excluding carboxylic acids is 2. The van der Waals surface area contributed by atoms with Crippen LogP contribution in [0.3, 0.4) is 0 Å². The highest BCUT2D eigenvalue weighted by Gasteiger charge is 2.72. The Bertz CT molecular complexity index is 393. The van der Waals surface area contributed by atoms with Gasteiger partial charge in [0.2, 0.25) is 0 Å². The number of rotatable bonds is 6. The summed E-state index contributed by atoms with van der Waals surface area (Å²) in [6, 6.07) is 0. The molecule has 2 aliphatic carbocycles. The summed E-state index contributed by atoms with van der Waals surface area (Å²) in [7, 11) is 0. The van der Waals surface area contributed by atoms with Gasteiger partial charge in [0.1, 0.15) is 0 Å². The molecule has 0 aromatic heterocycles. The lowest BCUT2D eigenvalue weighted by Crippen LogP contribution is -2.56. The minimum Gasteiger partial charge on any atom is -0.465 e. The topological polar surface area (TPSA) is 52.6 Å². The zero-order chi connectivity index (χ0) is 15.7. The molecule has 2 aliphatic rings. The maximum atomic E-state index is 12.8.